The predicted molar refractivity (Wildman–Crippen MR) is 146 cm³/mol. The van der Waals surface area contributed by atoms with Gasteiger partial charge in [0, 0.05) is 28.7 Å². The van der Waals surface area contributed by atoms with Crippen LogP contribution in [0.3, 0.4) is 0 Å². The van der Waals surface area contributed by atoms with E-state index < -0.39 is 10.0 Å². The van der Waals surface area contributed by atoms with Gasteiger partial charge in [-0.25, -0.2) is 18.1 Å². The van der Waals surface area contributed by atoms with Gasteiger partial charge >= 0.3 is 0 Å². The van der Waals surface area contributed by atoms with E-state index >= 15 is 0 Å². The summed E-state index contributed by atoms with van der Waals surface area (Å²) in [6.45, 7) is 1.53. The molecule has 1 saturated heterocycles. The molecule has 0 N–H and O–H groups in total. The number of rotatable bonds is 6. The molecule has 1 aliphatic rings. The Labute approximate surface area is 221 Å². The molecule has 0 bridgehead atoms. The molecule has 1 fully saturated rings. The predicted octanol–water partition coefficient (Wildman–Crippen LogP) is 5.16. The highest BCUT2D eigenvalue weighted by Gasteiger charge is 2.26. The first-order valence-corrected chi connectivity index (χ1v) is 14.8. The van der Waals surface area contributed by atoms with Crippen LogP contribution in [0.5, 0.6) is 0 Å². The first-order chi connectivity index (χ1) is 18.1. The fourth-order valence-corrected chi connectivity index (χ4v) is 6.81. The lowest BCUT2D eigenvalue weighted by atomic mass is 10.2. The van der Waals surface area contributed by atoms with Crippen LogP contribution in [0, 0.1) is 0 Å². The minimum Gasteiger partial charge on any atom is -0.454 e. The Bertz CT molecular complexity index is 1690. The van der Waals surface area contributed by atoms with Crippen LogP contribution in [0.1, 0.15) is 4.88 Å². The molecule has 8 nitrogen and oxygen atoms in total. The van der Waals surface area contributed by atoms with Crippen molar-refractivity contribution in [3.63, 3.8) is 0 Å². The van der Waals surface area contributed by atoms with E-state index in [1.54, 1.807) is 46.5 Å². The lowest BCUT2D eigenvalue weighted by Gasteiger charge is -2.26. The maximum atomic E-state index is 13.0. The molecule has 5 aromatic rings. The monoisotopic (exact) mass is 550 g/mol. The van der Waals surface area contributed by atoms with Crippen LogP contribution >= 0.6 is 22.7 Å². The third-order valence-electron chi connectivity index (χ3n) is 5.88. The molecular weight excluding hydrogens is 529 g/mol. The quantitative estimate of drug-likeness (QED) is 0.273. The number of hydrogen-bond acceptors (Lipinski definition) is 8. The van der Waals surface area contributed by atoms with Crippen molar-refractivity contribution in [1.29, 1.82) is 0 Å². The zero-order valence-electron chi connectivity index (χ0n) is 19.6. The molecule has 0 radical (unpaired) electrons. The number of morpholine rings is 1. The third kappa shape index (κ3) is 4.96. The molecule has 0 atom stereocenters. The van der Waals surface area contributed by atoms with Gasteiger partial charge in [-0.1, -0.05) is 24.3 Å². The van der Waals surface area contributed by atoms with E-state index in [1.165, 1.54) is 15.6 Å². The Morgan fingerprint density at radius 2 is 1.76 bits per heavy atom. The number of fused-ring (bicyclic) bond motifs is 1. The highest BCUT2D eigenvalue weighted by Crippen LogP contribution is 2.28. The Kier molecular flexibility index (Phi) is 6.61. The van der Waals surface area contributed by atoms with E-state index in [0.717, 1.165) is 21.5 Å². The number of aromatic nitrogens is 1. The number of benzene rings is 2. The van der Waals surface area contributed by atoms with Crippen molar-refractivity contribution < 1.29 is 17.6 Å². The van der Waals surface area contributed by atoms with Crippen molar-refractivity contribution in [2.45, 2.75) is 4.90 Å². The molecule has 188 valence electrons. The van der Waals surface area contributed by atoms with Gasteiger partial charge in [0.05, 0.1) is 30.0 Å². The summed E-state index contributed by atoms with van der Waals surface area (Å²) in [5.74, 6) is 0.689. The van der Waals surface area contributed by atoms with Crippen molar-refractivity contribution >= 4 is 55.6 Å². The van der Waals surface area contributed by atoms with Gasteiger partial charge in [0.2, 0.25) is 14.8 Å². The van der Waals surface area contributed by atoms with Crippen molar-refractivity contribution in [1.82, 2.24) is 8.98 Å². The number of hydrogen-bond donors (Lipinski definition) is 0. The van der Waals surface area contributed by atoms with E-state index in [0.29, 0.717) is 42.6 Å². The average molecular weight is 551 g/mol. The summed E-state index contributed by atoms with van der Waals surface area (Å²) in [6, 6.07) is 20.4. The zero-order chi connectivity index (χ0) is 25.2. The number of nitrogens with zero attached hydrogens (tertiary/aromatic N) is 4. The molecule has 0 amide bonds. The molecule has 3 aromatic heterocycles. The maximum Gasteiger partial charge on any atom is 0.243 e. The first kappa shape index (κ1) is 24.0. The van der Waals surface area contributed by atoms with Crippen molar-refractivity contribution in [3.05, 3.63) is 87.2 Å². The summed E-state index contributed by atoms with van der Waals surface area (Å²) in [7, 11) is -3.56. The van der Waals surface area contributed by atoms with Crippen LogP contribution in [0.2, 0.25) is 0 Å². The molecule has 1 aliphatic heterocycles. The van der Waals surface area contributed by atoms with E-state index in [9.17, 15) is 8.42 Å². The smallest absolute Gasteiger partial charge is 0.243 e. The lowest BCUT2D eigenvalue weighted by molar-refractivity contribution is 0.0730. The summed E-state index contributed by atoms with van der Waals surface area (Å²) in [5.41, 5.74) is 2.20. The lowest BCUT2D eigenvalue weighted by Crippen LogP contribution is -2.40. The molecule has 2 aromatic carbocycles. The van der Waals surface area contributed by atoms with Crippen molar-refractivity contribution in [3.8, 4) is 11.5 Å². The SMILES string of the molecule is O=S(=O)(c1ccc(N=c2scc(-c3cc4ccccc4o3)n2N=Cc2cccs2)cc1)N1CCOCC1. The molecular formula is C26H22N4O4S3. The van der Waals surface area contributed by atoms with Gasteiger partial charge < -0.3 is 9.15 Å². The Balaban J connectivity index is 1.38. The van der Waals surface area contributed by atoms with Gasteiger partial charge in [-0.3, -0.25) is 0 Å². The molecule has 0 aliphatic carbocycles. The number of sulfonamides is 1. The van der Waals surface area contributed by atoms with Crippen molar-refractivity contribution in [2.24, 2.45) is 10.1 Å². The molecule has 4 heterocycles. The highest BCUT2D eigenvalue weighted by molar-refractivity contribution is 7.89. The second kappa shape index (κ2) is 10.2. The number of thiophene rings is 1. The van der Waals surface area contributed by atoms with Crippen LogP contribution in [0.15, 0.2) is 96.9 Å². The summed E-state index contributed by atoms with van der Waals surface area (Å²) < 4.78 is 40.5. The fourth-order valence-electron chi connectivity index (χ4n) is 3.99. The summed E-state index contributed by atoms with van der Waals surface area (Å²) >= 11 is 3.02. The van der Waals surface area contributed by atoms with Gasteiger partial charge in [0.15, 0.2) is 5.76 Å². The fraction of sp³-hybridized carbons (Fsp3) is 0.154. The van der Waals surface area contributed by atoms with Gasteiger partial charge in [-0.05, 0) is 47.8 Å². The van der Waals surface area contributed by atoms with Crippen molar-refractivity contribution in [2.75, 3.05) is 26.3 Å². The van der Waals surface area contributed by atoms with Crippen LogP contribution in [-0.4, -0.2) is 49.9 Å². The Morgan fingerprint density at radius 3 is 2.51 bits per heavy atom. The number of furan rings is 1. The summed E-state index contributed by atoms with van der Waals surface area (Å²) in [4.78, 5) is 6.66. The number of para-hydroxylation sites is 1. The molecule has 0 spiro atoms. The van der Waals surface area contributed by atoms with Gasteiger partial charge in [-0.2, -0.15) is 9.41 Å². The van der Waals surface area contributed by atoms with Crippen LogP contribution < -0.4 is 4.80 Å². The van der Waals surface area contributed by atoms with E-state index in [-0.39, 0.29) is 4.90 Å². The molecule has 37 heavy (non-hydrogen) atoms. The van der Waals surface area contributed by atoms with E-state index in [1.807, 2.05) is 53.2 Å². The van der Waals surface area contributed by atoms with Crippen LogP contribution in [0.4, 0.5) is 5.69 Å². The van der Waals surface area contributed by atoms with Crippen LogP contribution in [-0.2, 0) is 14.8 Å². The second-order valence-electron chi connectivity index (χ2n) is 8.25. The van der Waals surface area contributed by atoms with Crippen LogP contribution in [0.25, 0.3) is 22.4 Å². The normalized spacial score (nSPS) is 15.7. The van der Waals surface area contributed by atoms with Gasteiger partial charge in [0.25, 0.3) is 0 Å². The average Bonchev–Trinajstić information content (AvgIpc) is 3.68. The number of thiazole rings is 1. The van der Waals surface area contributed by atoms with Gasteiger partial charge in [0.1, 0.15) is 11.3 Å². The largest absolute Gasteiger partial charge is 0.454 e. The Morgan fingerprint density at radius 1 is 0.946 bits per heavy atom. The summed E-state index contributed by atoms with van der Waals surface area (Å²) in [6.07, 6.45) is 1.79. The van der Waals surface area contributed by atoms with Gasteiger partial charge in [-0.15, -0.1) is 22.7 Å². The third-order valence-corrected chi connectivity index (χ3v) is 9.41. The van der Waals surface area contributed by atoms with E-state index in [4.69, 9.17) is 19.2 Å². The highest BCUT2D eigenvalue weighted by atomic mass is 32.2. The molecule has 0 unspecified atom stereocenters. The topological polar surface area (TPSA) is 89.4 Å². The second-order valence-corrected chi connectivity index (χ2v) is 12.0. The molecule has 0 saturated carbocycles. The minimum atomic E-state index is -3.56. The minimum absolute atomic E-state index is 0.242. The molecule has 6 rings (SSSR count). The standard InChI is InChI=1S/C26H22N4O4S3/c31-37(32,29-11-13-33-14-12-29)22-9-7-20(8-10-22)28-26-30(27-17-21-5-3-15-35-21)23(18-36-26)25-16-19-4-1-2-6-24(19)34-25/h1-10,15-18H,11-14H2. The zero-order valence-corrected chi connectivity index (χ0v) is 22.0. The van der Waals surface area contributed by atoms with E-state index in [2.05, 4.69) is 0 Å². The molecule has 11 heteroatoms. The Hall–Kier alpha value is -3.35. The maximum absolute atomic E-state index is 13.0. The first-order valence-electron chi connectivity index (χ1n) is 11.6. The summed E-state index contributed by atoms with van der Waals surface area (Å²) in [5, 5.41) is 9.68. The number of ether oxygens (including phenoxy) is 1.